The van der Waals surface area contributed by atoms with E-state index >= 15 is 0 Å². The number of anilines is 1. The molecular weight excluding hydrogens is 228 g/mol. The summed E-state index contributed by atoms with van der Waals surface area (Å²) < 4.78 is 5.10. The quantitative estimate of drug-likeness (QED) is 0.879. The average molecular weight is 242 g/mol. The molecule has 0 atom stereocenters. The van der Waals surface area contributed by atoms with Gasteiger partial charge < -0.3 is 4.74 Å². The second-order valence-corrected chi connectivity index (χ2v) is 3.98. The van der Waals surface area contributed by atoms with Crippen LogP contribution in [0.2, 0.25) is 0 Å². The van der Waals surface area contributed by atoms with Crippen molar-refractivity contribution in [3.05, 3.63) is 53.7 Å². The van der Waals surface area contributed by atoms with E-state index in [-0.39, 0.29) is 0 Å². The molecule has 0 saturated carbocycles. The highest BCUT2D eigenvalue weighted by atomic mass is 16.6. The number of pyridine rings is 1. The van der Waals surface area contributed by atoms with Gasteiger partial charge in [-0.3, -0.25) is 5.32 Å². The first kappa shape index (κ1) is 12.1. The molecular formula is C14H14N2O2. The summed E-state index contributed by atoms with van der Waals surface area (Å²) in [6, 6.07) is 10.7. The highest BCUT2D eigenvalue weighted by Crippen LogP contribution is 2.12. The maximum Gasteiger partial charge on any atom is 0.418 e. The summed E-state index contributed by atoms with van der Waals surface area (Å²) in [6.07, 6.45) is 1.17. The molecule has 2 aromatic rings. The topological polar surface area (TPSA) is 51.2 Å². The van der Waals surface area contributed by atoms with Crippen LogP contribution in [0.5, 0.6) is 5.75 Å². The summed E-state index contributed by atoms with van der Waals surface area (Å²) in [7, 11) is 0. The van der Waals surface area contributed by atoms with E-state index in [1.165, 1.54) is 0 Å². The number of nitrogens with one attached hydrogen (secondary N) is 1. The molecule has 0 aliphatic carbocycles. The minimum Gasteiger partial charge on any atom is -0.410 e. The number of hydrogen-bond acceptors (Lipinski definition) is 3. The molecule has 18 heavy (non-hydrogen) atoms. The fourth-order valence-electron chi connectivity index (χ4n) is 1.42. The van der Waals surface area contributed by atoms with Crippen LogP contribution in [-0.2, 0) is 0 Å². The third kappa shape index (κ3) is 3.07. The molecule has 1 amide bonds. The van der Waals surface area contributed by atoms with Gasteiger partial charge >= 0.3 is 6.09 Å². The van der Waals surface area contributed by atoms with E-state index in [0.717, 1.165) is 11.1 Å². The number of aromatic nitrogens is 1. The molecule has 1 aromatic carbocycles. The van der Waals surface area contributed by atoms with Crippen molar-refractivity contribution >= 4 is 11.9 Å². The Balaban J connectivity index is 2.01. The zero-order valence-electron chi connectivity index (χ0n) is 10.3. The lowest BCUT2D eigenvalue weighted by molar-refractivity contribution is 0.215. The zero-order chi connectivity index (χ0) is 13.0. The number of carbonyl (C=O) groups is 1. The molecule has 0 saturated heterocycles. The van der Waals surface area contributed by atoms with E-state index in [0.29, 0.717) is 11.6 Å². The predicted molar refractivity (Wildman–Crippen MR) is 69.8 cm³/mol. The summed E-state index contributed by atoms with van der Waals surface area (Å²) in [5, 5.41) is 2.59. The molecule has 0 spiro atoms. The van der Waals surface area contributed by atoms with Crippen molar-refractivity contribution in [3.8, 4) is 5.75 Å². The van der Waals surface area contributed by atoms with Gasteiger partial charge in [0.05, 0.1) is 0 Å². The Hall–Kier alpha value is -2.36. The fraction of sp³-hybridized carbons (Fsp3) is 0.143. The monoisotopic (exact) mass is 242 g/mol. The lowest BCUT2D eigenvalue weighted by Gasteiger charge is -2.07. The van der Waals surface area contributed by atoms with Crippen LogP contribution in [0.4, 0.5) is 10.6 Å². The van der Waals surface area contributed by atoms with Crippen LogP contribution < -0.4 is 10.1 Å². The molecule has 0 fully saturated rings. The fourth-order valence-corrected chi connectivity index (χ4v) is 1.42. The van der Waals surface area contributed by atoms with E-state index in [4.69, 9.17) is 4.74 Å². The third-order valence-electron chi connectivity index (χ3n) is 2.56. The maximum absolute atomic E-state index is 11.6. The van der Waals surface area contributed by atoms with Crippen LogP contribution in [0.1, 0.15) is 11.1 Å². The van der Waals surface area contributed by atoms with E-state index < -0.39 is 6.09 Å². The van der Waals surface area contributed by atoms with Crippen LogP contribution in [-0.4, -0.2) is 11.1 Å². The summed E-state index contributed by atoms with van der Waals surface area (Å²) >= 11 is 0. The van der Waals surface area contributed by atoms with Gasteiger partial charge in [0.25, 0.3) is 0 Å². The van der Waals surface area contributed by atoms with Crippen molar-refractivity contribution < 1.29 is 9.53 Å². The van der Waals surface area contributed by atoms with Crippen molar-refractivity contribution in [2.75, 3.05) is 5.32 Å². The molecule has 0 aliphatic heterocycles. The molecule has 1 aromatic heterocycles. The van der Waals surface area contributed by atoms with E-state index in [1.54, 1.807) is 30.5 Å². The number of nitrogens with zero attached hydrogens (tertiary/aromatic N) is 1. The molecule has 92 valence electrons. The Morgan fingerprint density at radius 1 is 1.17 bits per heavy atom. The van der Waals surface area contributed by atoms with Gasteiger partial charge in [0.1, 0.15) is 11.6 Å². The predicted octanol–water partition coefficient (Wildman–Crippen LogP) is 3.31. The Morgan fingerprint density at radius 2 is 1.89 bits per heavy atom. The molecule has 0 bridgehead atoms. The SMILES string of the molecule is Cc1cnc(NC(=O)Oc2ccccc2)cc1C. The number of para-hydroxylation sites is 1. The van der Waals surface area contributed by atoms with Gasteiger partial charge in [-0.15, -0.1) is 0 Å². The van der Waals surface area contributed by atoms with Crippen molar-refractivity contribution in [1.82, 2.24) is 4.98 Å². The Morgan fingerprint density at radius 3 is 2.56 bits per heavy atom. The Bertz CT molecular complexity index is 553. The maximum atomic E-state index is 11.6. The van der Waals surface area contributed by atoms with Gasteiger partial charge in [0.2, 0.25) is 0 Å². The number of aryl methyl sites for hydroxylation is 2. The standard InChI is InChI=1S/C14H14N2O2/c1-10-8-13(15-9-11(10)2)16-14(17)18-12-6-4-3-5-7-12/h3-9H,1-2H3,(H,15,16,17). The number of rotatable bonds is 2. The summed E-state index contributed by atoms with van der Waals surface area (Å²) in [5.74, 6) is 0.984. The largest absolute Gasteiger partial charge is 0.418 e. The van der Waals surface area contributed by atoms with Gasteiger partial charge in [-0.25, -0.2) is 9.78 Å². The van der Waals surface area contributed by atoms with Gasteiger partial charge in [-0.05, 0) is 43.2 Å². The molecule has 2 rings (SSSR count). The van der Waals surface area contributed by atoms with Crippen LogP contribution in [0, 0.1) is 13.8 Å². The molecule has 0 unspecified atom stereocenters. The third-order valence-corrected chi connectivity index (χ3v) is 2.56. The van der Waals surface area contributed by atoms with Crippen molar-refractivity contribution in [3.63, 3.8) is 0 Å². The first-order valence-corrected chi connectivity index (χ1v) is 5.62. The molecule has 4 nitrogen and oxygen atoms in total. The number of hydrogen-bond donors (Lipinski definition) is 1. The Kier molecular flexibility index (Phi) is 3.57. The summed E-state index contributed by atoms with van der Waals surface area (Å²) in [5.41, 5.74) is 2.15. The first-order chi connectivity index (χ1) is 8.65. The normalized spacial score (nSPS) is 9.89. The zero-order valence-corrected chi connectivity index (χ0v) is 10.3. The minimum absolute atomic E-state index is 0.485. The second-order valence-electron chi connectivity index (χ2n) is 3.98. The smallest absolute Gasteiger partial charge is 0.410 e. The molecule has 4 heteroatoms. The number of benzene rings is 1. The van der Waals surface area contributed by atoms with Crippen LogP contribution >= 0.6 is 0 Å². The van der Waals surface area contributed by atoms with E-state index in [1.807, 2.05) is 26.0 Å². The van der Waals surface area contributed by atoms with Crippen molar-refractivity contribution in [2.45, 2.75) is 13.8 Å². The molecule has 0 radical (unpaired) electrons. The van der Waals surface area contributed by atoms with Gasteiger partial charge in [0.15, 0.2) is 0 Å². The average Bonchev–Trinajstić information content (AvgIpc) is 2.35. The van der Waals surface area contributed by atoms with E-state index in [9.17, 15) is 4.79 Å². The van der Waals surface area contributed by atoms with Crippen molar-refractivity contribution in [1.29, 1.82) is 0 Å². The van der Waals surface area contributed by atoms with Gasteiger partial charge in [0, 0.05) is 6.20 Å². The Labute approximate surface area is 106 Å². The molecule has 1 heterocycles. The molecule has 0 aliphatic rings. The lowest BCUT2D eigenvalue weighted by Crippen LogP contribution is -2.17. The number of amides is 1. The highest BCUT2D eigenvalue weighted by molar-refractivity contribution is 5.85. The summed E-state index contributed by atoms with van der Waals surface area (Å²) in [6.45, 7) is 3.93. The molecule has 1 N–H and O–H groups in total. The van der Waals surface area contributed by atoms with Crippen LogP contribution in [0.3, 0.4) is 0 Å². The number of carbonyl (C=O) groups excluding carboxylic acids is 1. The van der Waals surface area contributed by atoms with Gasteiger partial charge in [-0.1, -0.05) is 18.2 Å². The second kappa shape index (κ2) is 5.31. The highest BCUT2D eigenvalue weighted by Gasteiger charge is 2.06. The van der Waals surface area contributed by atoms with Crippen LogP contribution in [0.15, 0.2) is 42.6 Å². The minimum atomic E-state index is -0.544. The van der Waals surface area contributed by atoms with Crippen LogP contribution in [0.25, 0.3) is 0 Å². The van der Waals surface area contributed by atoms with Crippen molar-refractivity contribution in [2.24, 2.45) is 0 Å². The summed E-state index contributed by atoms with van der Waals surface area (Å²) in [4.78, 5) is 15.7. The lowest BCUT2D eigenvalue weighted by atomic mass is 10.2. The first-order valence-electron chi connectivity index (χ1n) is 5.62. The number of ether oxygens (including phenoxy) is 1. The van der Waals surface area contributed by atoms with Gasteiger partial charge in [-0.2, -0.15) is 0 Å². The van der Waals surface area contributed by atoms with E-state index in [2.05, 4.69) is 10.3 Å².